The van der Waals surface area contributed by atoms with Crippen molar-refractivity contribution in [3.05, 3.63) is 23.8 Å². The Bertz CT molecular complexity index is 336. The summed E-state index contributed by atoms with van der Waals surface area (Å²) < 4.78 is 16.4. The maximum atomic E-state index is 9.26. The summed E-state index contributed by atoms with van der Waals surface area (Å²) in [6.07, 6.45) is 2.28. The van der Waals surface area contributed by atoms with Crippen LogP contribution in [-0.4, -0.2) is 31.5 Å². The summed E-state index contributed by atoms with van der Waals surface area (Å²) >= 11 is 0. The quantitative estimate of drug-likeness (QED) is 0.849. The first-order valence-electron chi connectivity index (χ1n) is 5.86. The van der Waals surface area contributed by atoms with Crippen LogP contribution in [0.2, 0.25) is 0 Å². The van der Waals surface area contributed by atoms with Gasteiger partial charge >= 0.3 is 0 Å². The van der Waals surface area contributed by atoms with Gasteiger partial charge in [0.1, 0.15) is 6.61 Å². The number of hydrogen-bond donors (Lipinski definition) is 1. The summed E-state index contributed by atoms with van der Waals surface area (Å²) in [5.41, 5.74) is 0.738. The minimum absolute atomic E-state index is 0.0575. The van der Waals surface area contributed by atoms with Crippen molar-refractivity contribution in [1.29, 1.82) is 0 Å². The highest BCUT2D eigenvalue weighted by atomic mass is 16.5. The molecule has 1 aliphatic rings. The van der Waals surface area contributed by atoms with E-state index >= 15 is 0 Å². The molecule has 0 spiro atoms. The van der Waals surface area contributed by atoms with Crippen LogP contribution in [0, 0.1) is 0 Å². The van der Waals surface area contributed by atoms with Gasteiger partial charge < -0.3 is 19.3 Å². The molecular weight excluding hydrogens is 220 g/mol. The molecule has 4 heteroatoms. The van der Waals surface area contributed by atoms with E-state index in [1.807, 2.05) is 18.2 Å². The first-order valence-corrected chi connectivity index (χ1v) is 5.86. The molecule has 0 amide bonds. The molecule has 1 aliphatic heterocycles. The summed E-state index contributed by atoms with van der Waals surface area (Å²) in [6.45, 7) is 1.26. The van der Waals surface area contributed by atoms with E-state index in [1.54, 1.807) is 7.11 Å². The Kier molecular flexibility index (Phi) is 4.23. The maximum absolute atomic E-state index is 9.26. The SMILES string of the molecule is COc1cccc(CO)c1OCC1CCCO1. The Balaban J connectivity index is 2.06. The Morgan fingerprint density at radius 1 is 1.47 bits per heavy atom. The zero-order valence-electron chi connectivity index (χ0n) is 10.0. The van der Waals surface area contributed by atoms with Crippen LogP contribution < -0.4 is 9.47 Å². The monoisotopic (exact) mass is 238 g/mol. The van der Waals surface area contributed by atoms with Gasteiger partial charge in [0.2, 0.25) is 0 Å². The van der Waals surface area contributed by atoms with Crippen LogP contribution >= 0.6 is 0 Å². The van der Waals surface area contributed by atoms with Gasteiger partial charge in [0.05, 0.1) is 19.8 Å². The predicted molar refractivity (Wildman–Crippen MR) is 63.4 cm³/mol. The van der Waals surface area contributed by atoms with E-state index in [1.165, 1.54) is 0 Å². The van der Waals surface area contributed by atoms with Crippen molar-refractivity contribution in [3.8, 4) is 11.5 Å². The third-order valence-electron chi connectivity index (χ3n) is 2.89. The number of aliphatic hydroxyl groups excluding tert-OH is 1. The molecule has 0 saturated carbocycles. The van der Waals surface area contributed by atoms with E-state index in [2.05, 4.69) is 0 Å². The standard InChI is InChI=1S/C13H18O4/c1-15-12-6-2-4-10(8-14)13(12)17-9-11-5-3-7-16-11/h2,4,6,11,14H,3,5,7-9H2,1H3. The van der Waals surface area contributed by atoms with Gasteiger partial charge in [-0.1, -0.05) is 12.1 Å². The molecule has 1 saturated heterocycles. The van der Waals surface area contributed by atoms with Gasteiger partial charge in [-0.15, -0.1) is 0 Å². The Morgan fingerprint density at radius 3 is 3.00 bits per heavy atom. The van der Waals surface area contributed by atoms with Crippen LogP contribution in [0.25, 0.3) is 0 Å². The largest absolute Gasteiger partial charge is 0.493 e. The molecule has 1 heterocycles. The van der Waals surface area contributed by atoms with Crippen LogP contribution in [0.15, 0.2) is 18.2 Å². The van der Waals surface area contributed by atoms with Crippen LogP contribution in [0.3, 0.4) is 0 Å². The van der Waals surface area contributed by atoms with Crippen molar-refractivity contribution >= 4 is 0 Å². The summed E-state index contributed by atoms with van der Waals surface area (Å²) in [5.74, 6) is 1.27. The van der Waals surface area contributed by atoms with Gasteiger partial charge in [-0.2, -0.15) is 0 Å². The minimum Gasteiger partial charge on any atom is -0.493 e. The van der Waals surface area contributed by atoms with Crippen LogP contribution in [0.1, 0.15) is 18.4 Å². The number of ether oxygens (including phenoxy) is 3. The molecule has 0 aliphatic carbocycles. The lowest BCUT2D eigenvalue weighted by atomic mass is 10.2. The molecule has 1 unspecified atom stereocenters. The molecule has 0 radical (unpaired) electrons. The molecule has 1 atom stereocenters. The van der Waals surface area contributed by atoms with Gasteiger partial charge in [-0.25, -0.2) is 0 Å². The maximum Gasteiger partial charge on any atom is 0.166 e. The number of methoxy groups -OCH3 is 1. The van der Waals surface area contributed by atoms with Gasteiger partial charge in [0.25, 0.3) is 0 Å². The fourth-order valence-electron chi connectivity index (χ4n) is 1.96. The normalized spacial score (nSPS) is 19.3. The summed E-state index contributed by atoms with van der Waals surface area (Å²) in [5, 5.41) is 9.26. The number of hydrogen-bond acceptors (Lipinski definition) is 4. The van der Waals surface area contributed by atoms with Crippen LogP contribution in [-0.2, 0) is 11.3 Å². The van der Waals surface area contributed by atoms with E-state index in [-0.39, 0.29) is 12.7 Å². The van der Waals surface area contributed by atoms with E-state index in [0.29, 0.717) is 18.1 Å². The van der Waals surface area contributed by atoms with Gasteiger partial charge in [-0.3, -0.25) is 0 Å². The third kappa shape index (κ3) is 2.90. The molecule has 94 valence electrons. The predicted octanol–water partition coefficient (Wildman–Crippen LogP) is 1.75. The molecule has 2 rings (SSSR count). The highest BCUT2D eigenvalue weighted by Gasteiger charge is 2.18. The highest BCUT2D eigenvalue weighted by molar-refractivity contribution is 5.46. The molecule has 1 aromatic carbocycles. The van der Waals surface area contributed by atoms with Crippen molar-refractivity contribution in [2.75, 3.05) is 20.3 Å². The van der Waals surface area contributed by atoms with Crippen molar-refractivity contribution in [1.82, 2.24) is 0 Å². The van der Waals surface area contributed by atoms with Crippen molar-refractivity contribution in [2.24, 2.45) is 0 Å². The van der Waals surface area contributed by atoms with E-state index < -0.39 is 0 Å². The summed E-state index contributed by atoms with van der Waals surface area (Å²) in [6, 6.07) is 5.49. The smallest absolute Gasteiger partial charge is 0.166 e. The third-order valence-corrected chi connectivity index (χ3v) is 2.89. The lowest BCUT2D eigenvalue weighted by Gasteiger charge is -2.16. The Labute approximate surface area is 101 Å². The summed E-state index contributed by atoms with van der Waals surface area (Å²) in [4.78, 5) is 0. The molecular formula is C13H18O4. The summed E-state index contributed by atoms with van der Waals surface area (Å²) in [7, 11) is 1.59. The molecule has 4 nitrogen and oxygen atoms in total. The average molecular weight is 238 g/mol. The second-order valence-electron chi connectivity index (χ2n) is 4.05. The lowest BCUT2D eigenvalue weighted by molar-refractivity contribution is 0.0660. The molecule has 1 N–H and O–H groups in total. The van der Waals surface area contributed by atoms with Crippen molar-refractivity contribution in [3.63, 3.8) is 0 Å². The first-order chi connectivity index (χ1) is 8.35. The second kappa shape index (κ2) is 5.89. The number of benzene rings is 1. The molecule has 1 aromatic rings. The average Bonchev–Trinajstić information content (AvgIpc) is 2.88. The molecule has 17 heavy (non-hydrogen) atoms. The zero-order chi connectivity index (χ0) is 12.1. The Morgan fingerprint density at radius 2 is 2.35 bits per heavy atom. The number of aliphatic hydroxyl groups is 1. The Hall–Kier alpha value is -1.26. The van der Waals surface area contributed by atoms with E-state index in [4.69, 9.17) is 14.2 Å². The lowest BCUT2D eigenvalue weighted by Crippen LogP contribution is -2.17. The van der Waals surface area contributed by atoms with Gasteiger partial charge in [-0.05, 0) is 18.9 Å². The van der Waals surface area contributed by atoms with Crippen molar-refractivity contribution in [2.45, 2.75) is 25.6 Å². The second-order valence-corrected chi connectivity index (χ2v) is 4.05. The van der Waals surface area contributed by atoms with Crippen LogP contribution in [0.4, 0.5) is 0 Å². The zero-order valence-corrected chi connectivity index (χ0v) is 10.0. The fraction of sp³-hybridized carbons (Fsp3) is 0.538. The number of para-hydroxylation sites is 1. The van der Waals surface area contributed by atoms with E-state index in [0.717, 1.165) is 25.0 Å². The van der Waals surface area contributed by atoms with Gasteiger partial charge in [0.15, 0.2) is 11.5 Å². The molecule has 1 fully saturated rings. The molecule has 0 aromatic heterocycles. The fourth-order valence-corrected chi connectivity index (χ4v) is 1.96. The molecule has 0 bridgehead atoms. The van der Waals surface area contributed by atoms with Crippen molar-refractivity contribution < 1.29 is 19.3 Å². The minimum atomic E-state index is -0.0575. The van der Waals surface area contributed by atoms with Crippen LogP contribution in [0.5, 0.6) is 11.5 Å². The van der Waals surface area contributed by atoms with E-state index in [9.17, 15) is 5.11 Å². The number of rotatable bonds is 5. The highest BCUT2D eigenvalue weighted by Crippen LogP contribution is 2.31. The first kappa shape index (κ1) is 12.2. The van der Waals surface area contributed by atoms with Gasteiger partial charge in [0, 0.05) is 12.2 Å². The topological polar surface area (TPSA) is 47.9 Å².